The van der Waals surface area contributed by atoms with Gasteiger partial charge in [0, 0.05) is 23.3 Å². The van der Waals surface area contributed by atoms with Crippen LogP contribution in [0.5, 0.6) is 0 Å². The van der Waals surface area contributed by atoms with Gasteiger partial charge in [0.25, 0.3) is 0 Å². The number of nitrogens with one attached hydrogen (secondary N) is 1. The van der Waals surface area contributed by atoms with Crippen LogP contribution in [0, 0.1) is 0 Å². The molecule has 0 radical (unpaired) electrons. The summed E-state index contributed by atoms with van der Waals surface area (Å²) in [6.45, 7) is 7.03. The number of anilines is 1. The van der Waals surface area contributed by atoms with Crippen LogP contribution in [0.3, 0.4) is 0 Å². The highest BCUT2D eigenvalue weighted by molar-refractivity contribution is 6.36. The molecular formula is C14H17Cl2N3. The number of hydrogen-bond acceptors (Lipinski definition) is 2. The van der Waals surface area contributed by atoms with E-state index in [-0.39, 0.29) is 5.54 Å². The minimum Gasteiger partial charge on any atom is -0.380 e. The van der Waals surface area contributed by atoms with Crippen molar-refractivity contribution in [3.05, 3.63) is 46.2 Å². The standard InChI is InChI=1S/C14H17Cl2N3/c1-14(2,3)19-9-10(8-18-19)7-17-13-5-4-11(15)6-12(13)16/h4-6,8-9,17H,7H2,1-3H3. The summed E-state index contributed by atoms with van der Waals surface area (Å²) in [6, 6.07) is 5.41. The zero-order chi connectivity index (χ0) is 14.0. The van der Waals surface area contributed by atoms with Crippen LogP contribution in [0.25, 0.3) is 0 Å². The summed E-state index contributed by atoms with van der Waals surface area (Å²) in [7, 11) is 0. The number of hydrogen-bond donors (Lipinski definition) is 1. The van der Waals surface area contributed by atoms with Crippen LogP contribution < -0.4 is 5.32 Å². The largest absolute Gasteiger partial charge is 0.380 e. The van der Waals surface area contributed by atoms with Gasteiger partial charge in [-0.15, -0.1) is 0 Å². The summed E-state index contributed by atoms with van der Waals surface area (Å²) in [4.78, 5) is 0. The van der Waals surface area contributed by atoms with Gasteiger partial charge >= 0.3 is 0 Å². The van der Waals surface area contributed by atoms with Crippen LogP contribution in [0.15, 0.2) is 30.6 Å². The Morgan fingerprint density at radius 1 is 1.26 bits per heavy atom. The lowest BCUT2D eigenvalue weighted by Gasteiger charge is -2.18. The van der Waals surface area contributed by atoms with E-state index in [1.54, 1.807) is 6.07 Å². The average molecular weight is 298 g/mol. The van der Waals surface area contributed by atoms with E-state index in [1.165, 1.54) is 0 Å². The first kappa shape index (κ1) is 14.2. The second-order valence-electron chi connectivity index (χ2n) is 5.44. The molecule has 0 unspecified atom stereocenters. The zero-order valence-electron chi connectivity index (χ0n) is 11.2. The second-order valence-corrected chi connectivity index (χ2v) is 6.29. The van der Waals surface area contributed by atoms with Gasteiger partial charge in [0.2, 0.25) is 0 Å². The Hall–Kier alpha value is -1.19. The highest BCUT2D eigenvalue weighted by Crippen LogP contribution is 2.25. The lowest BCUT2D eigenvalue weighted by Crippen LogP contribution is -2.21. The average Bonchev–Trinajstić information content (AvgIpc) is 2.76. The monoisotopic (exact) mass is 297 g/mol. The van der Waals surface area contributed by atoms with Gasteiger partial charge in [-0.2, -0.15) is 5.10 Å². The number of aromatic nitrogens is 2. The van der Waals surface area contributed by atoms with Gasteiger partial charge in [0.05, 0.1) is 22.4 Å². The Bertz CT molecular complexity index is 570. The Morgan fingerprint density at radius 3 is 2.58 bits per heavy atom. The molecule has 19 heavy (non-hydrogen) atoms. The molecule has 0 aliphatic carbocycles. The van der Waals surface area contributed by atoms with Gasteiger partial charge < -0.3 is 5.32 Å². The third-order valence-electron chi connectivity index (χ3n) is 2.74. The number of halogens is 2. The van der Waals surface area contributed by atoms with Gasteiger partial charge in [-0.3, -0.25) is 4.68 Å². The van der Waals surface area contributed by atoms with Crippen LogP contribution in [-0.4, -0.2) is 9.78 Å². The summed E-state index contributed by atoms with van der Waals surface area (Å²) in [5, 5.41) is 8.89. The van der Waals surface area contributed by atoms with Crippen molar-refractivity contribution in [3.63, 3.8) is 0 Å². The summed E-state index contributed by atoms with van der Waals surface area (Å²) in [5.74, 6) is 0. The minimum atomic E-state index is -0.00380. The molecule has 0 aliphatic rings. The van der Waals surface area contributed by atoms with E-state index in [1.807, 2.05) is 29.2 Å². The summed E-state index contributed by atoms with van der Waals surface area (Å²) < 4.78 is 1.95. The van der Waals surface area contributed by atoms with E-state index in [0.29, 0.717) is 16.6 Å². The first-order chi connectivity index (χ1) is 8.86. The van der Waals surface area contributed by atoms with Crippen LogP contribution in [0.2, 0.25) is 10.0 Å². The first-order valence-electron chi connectivity index (χ1n) is 6.09. The molecule has 3 nitrogen and oxygen atoms in total. The van der Waals surface area contributed by atoms with Crippen LogP contribution in [0.4, 0.5) is 5.69 Å². The number of nitrogens with zero attached hydrogens (tertiary/aromatic N) is 2. The molecule has 0 bridgehead atoms. The van der Waals surface area contributed by atoms with Crippen LogP contribution >= 0.6 is 23.2 Å². The normalized spacial score (nSPS) is 11.6. The molecule has 0 saturated heterocycles. The number of benzene rings is 1. The van der Waals surface area contributed by atoms with Gasteiger partial charge in [0.15, 0.2) is 0 Å². The third kappa shape index (κ3) is 3.64. The minimum absolute atomic E-state index is 0.00380. The Labute approximate surface area is 123 Å². The maximum absolute atomic E-state index is 6.11. The topological polar surface area (TPSA) is 29.9 Å². The molecule has 2 aromatic rings. The maximum Gasteiger partial charge on any atom is 0.0652 e. The molecule has 0 fully saturated rings. The van der Waals surface area contributed by atoms with Gasteiger partial charge in [0.1, 0.15) is 0 Å². The molecule has 1 aromatic carbocycles. The Morgan fingerprint density at radius 2 is 2.00 bits per heavy atom. The quantitative estimate of drug-likeness (QED) is 0.900. The third-order valence-corrected chi connectivity index (χ3v) is 3.29. The van der Waals surface area contributed by atoms with E-state index in [0.717, 1.165) is 11.3 Å². The Kier molecular flexibility index (Phi) is 4.07. The molecule has 0 atom stereocenters. The van der Waals surface area contributed by atoms with Crippen molar-refractivity contribution in [2.24, 2.45) is 0 Å². The predicted octanol–water partition coefficient (Wildman–Crippen LogP) is 4.56. The van der Waals surface area contributed by atoms with Crippen molar-refractivity contribution >= 4 is 28.9 Å². The molecule has 0 aliphatic heterocycles. The fourth-order valence-corrected chi connectivity index (χ4v) is 2.12. The lowest BCUT2D eigenvalue weighted by atomic mass is 10.1. The van der Waals surface area contributed by atoms with Crippen molar-refractivity contribution < 1.29 is 0 Å². The predicted molar refractivity (Wildman–Crippen MR) is 81.0 cm³/mol. The van der Waals surface area contributed by atoms with E-state index in [4.69, 9.17) is 23.2 Å². The van der Waals surface area contributed by atoms with E-state index in [2.05, 4.69) is 31.2 Å². The maximum atomic E-state index is 6.11. The summed E-state index contributed by atoms with van der Waals surface area (Å²) in [5.41, 5.74) is 1.98. The SMILES string of the molecule is CC(C)(C)n1cc(CNc2ccc(Cl)cc2Cl)cn1. The van der Waals surface area contributed by atoms with Crippen molar-refractivity contribution in [1.82, 2.24) is 9.78 Å². The summed E-state index contributed by atoms with van der Waals surface area (Å²) in [6.07, 6.45) is 3.90. The van der Waals surface area contributed by atoms with Crippen molar-refractivity contribution in [2.45, 2.75) is 32.9 Å². The number of rotatable bonds is 3. The smallest absolute Gasteiger partial charge is 0.0652 e. The van der Waals surface area contributed by atoms with Crippen LogP contribution in [0.1, 0.15) is 26.3 Å². The zero-order valence-corrected chi connectivity index (χ0v) is 12.8. The van der Waals surface area contributed by atoms with Crippen LogP contribution in [-0.2, 0) is 12.1 Å². The molecule has 0 amide bonds. The van der Waals surface area contributed by atoms with E-state index in [9.17, 15) is 0 Å². The molecular weight excluding hydrogens is 281 g/mol. The lowest BCUT2D eigenvalue weighted by molar-refractivity contribution is 0.355. The second kappa shape index (κ2) is 5.43. The van der Waals surface area contributed by atoms with Gasteiger partial charge in [-0.25, -0.2) is 0 Å². The fourth-order valence-electron chi connectivity index (χ4n) is 1.65. The van der Waals surface area contributed by atoms with Crippen molar-refractivity contribution in [1.29, 1.82) is 0 Å². The molecule has 1 aromatic heterocycles. The van der Waals surface area contributed by atoms with Crippen molar-refractivity contribution in [3.8, 4) is 0 Å². The fraction of sp³-hybridized carbons (Fsp3) is 0.357. The molecule has 1 heterocycles. The molecule has 0 spiro atoms. The Balaban J connectivity index is 2.04. The molecule has 2 rings (SSSR count). The molecule has 1 N–H and O–H groups in total. The van der Waals surface area contributed by atoms with Gasteiger partial charge in [-0.05, 0) is 39.0 Å². The first-order valence-corrected chi connectivity index (χ1v) is 6.85. The van der Waals surface area contributed by atoms with E-state index < -0.39 is 0 Å². The highest BCUT2D eigenvalue weighted by Gasteiger charge is 2.13. The molecule has 102 valence electrons. The van der Waals surface area contributed by atoms with Gasteiger partial charge in [-0.1, -0.05) is 23.2 Å². The van der Waals surface area contributed by atoms with E-state index >= 15 is 0 Å². The highest BCUT2D eigenvalue weighted by atomic mass is 35.5. The summed E-state index contributed by atoms with van der Waals surface area (Å²) >= 11 is 12.0. The van der Waals surface area contributed by atoms with Crippen molar-refractivity contribution in [2.75, 3.05) is 5.32 Å². The molecule has 0 saturated carbocycles. The molecule has 5 heteroatoms.